The molecule has 0 aromatic heterocycles. The number of nitrogens with zero attached hydrogens (tertiary/aromatic N) is 1. The molecule has 0 saturated heterocycles. The molecule has 64 valence electrons. The van der Waals surface area contributed by atoms with E-state index in [0.717, 1.165) is 6.08 Å². The maximum Gasteiger partial charge on any atom is 0.269 e. The van der Waals surface area contributed by atoms with Crippen LogP contribution in [0.4, 0.5) is 4.39 Å². The Kier molecular flexibility index (Phi) is 2.38. The van der Waals surface area contributed by atoms with Crippen molar-refractivity contribution in [3.05, 3.63) is 45.7 Å². The van der Waals surface area contributed by atoms with E-state index >= 15 is 0 Å². The maximum absolute atomic E-state index is 12.7. The molecule has 0 aromatic rings. The summed E-state index contributed by atoms with van der Waals surface area (Å²) in [6, 6.07) is 0. The van der Waals surface area contributed by atoms with E-state index in [9.17, 15) is 14.5 Å². The van der Waals surface area contributed by atoms with Crippen LogP contribution in [-0.4, -0.2) is 11.1 Å². The summed E-state index contributed by atoms with van der Waals surface area (Å²) in [6.45, 7) is 1.63. The van der Waals surface area contributed by atoms with Crippen LogP contribution in [0.25, 0.3) is 0 Å². The molecule has 1 rings (SSSR count). The zero-order chi connectivity index (χ0) is 9.14. The summed E-state index contributed by atoms with van der Waals surface area (Å²) in [5, 5.41) is 10.3. The number of nitro groups is 1. The quantitative estimate of drug-likeness (QED) is 0.445. The van der Waals surface area contributed by atoms with Crippen molar-refractivity contribution in [2.24, 2.45) is 0 Å². The van der Waals surface area contributed by atoms with Crippen LogP contribution in [0.15, 0.2) is 35.6 Å². The van der Waals surface area contributed by atoms with Crippen molar-refractivity contribution in [1.29, 1.82) is 0 Å². The van der Waals surface area contributed by atoms with Gasteiger partial charge in [-0.25, -0.2) is 4.39 Å². The second-order valence-electron chi connectivity index (χ2n) is 2.54. The number of hydrogen-bond acceptors (Lipinski definition) is 2. The lowest BCUT2D eigenvalue weighted by Gasteiger charge is -1.90. The molecular weight excluding hydrogens is 161 g/mol. The summed E-state index contributed by atoms with van der Waals surface area (Å²) in [5.41, 5.74) is 0.489. The van der Waals surface area contributed by atoms with Gasteiger partial charge in [-0.15, -0.1) is 0 Å². The van der Waals surface area contributed by atoms with Gasteiger partial charge >= 0.3 is 0 Å². The summed E-state index contributed by atoms with van der Waals surface area (Å²) in [6.07, 6.45) is 3.78. The van der Waals surface area contributed by atoms with Crippen LogP contribution >= 0.6 is 0 Å². The first-order valence-electron chi connectivity index (χ1n) is 3.46. The summed E-state index contributed by atoms with van der Waals surface area (Å²) >= 11 is 0. The van der Waals surface area contributed by atoms with E-state index < -0.39 is 11.1 Å². The van der Waals surface area contributed by atoms with Crippen molar-refractivity contribution in [1.82, 2.24) is 0 Å². The molecule has 0 fully saturated rings. The molecule has 0 N–H and O–H groups in total. The van der Waals surface area contributed by atoms with Crippen molar-refractivity contribution < 1.29 is 9.31 Å². The van der Waals surface area contributed by atoms with E-state index in [-0.39, 0.29) is 5.70 Å². The molecular formula is C8H8FNO2. The number of rotatable bonds is 1. The standard InChI is InChI=1S/C8H8FNO2/c1-6-4-7(9)2-3-8(5-6)10(11)12/h2-5,7H,1H3. The van der Waals surface area contributed by atoms with Gasteiger partial charge in [0.05, 0.1) is 4.92 Å². The summed E-state index contributed by atoms with van der Waals surface area (Å²) in [7, 11) is 0. The zero-order valence-electron chi connectivity index (χ0n) is 6.53. The second-order valence-corrected chi connectivity index (χ2v) is 2.54. The lowest BCUT2D eigenvalue weighted by molar-refractivity contribution is -0.419. The van der Waals surface area contributed by atoms with E-state index in [1.807, 2.05) is 0 Å². The van der Waals surface area contributed by atoms with Gasteiger partial charge in [0.2, 0.25) is 0 Å². The van der Waals surface area contributed by atoms with Crippen LogP contribution in [0.2, 0.25) is 0 Å². The molecule has 3 nitrogen and oxygen atoms in total. The van der Waals surface area contributed by atoms with Crippen molar-refractivity contribution in [2.45, 2.75) is 13.1 Å². The van der Waals surface area contributed by atoms with Gasteiger partial charge in [0.25, 0.3) is 5.70 Å². The third kappa shape index (κ3) is 2.02. The number of halogens is 1. The minimum Gasteiger partial charge on any atom is -0.258 e. The molecule has 0 bridgehead atoms. The lowest BCUT2D eigenvalue weighted by atomic mass is 10.2. The van der Waals surface area contributed by atoms with Crippen LogP contribution in [-0.2, 0) is 0 Å². The molecule has 0 aliphatic heterocycles. The van der Waals surface area contributed by atoms with Crippen molar-refractivity contribution >= 4 is 0 Å². The van der Waals surface area contributed by atoms with E-state index in [2.05, 4.69) is 0 Å². The highest BCUT2D eigenvalue weighted by Crippen LogP contribution is 2.12. The molecule has 0 radical (unpaired) electrons. The second kappa shape index (κ2) is 3.30. The average Bonchev–Trinajstić information content (AvgIpc) is 2.11. The number of allylic oxidation sites excluding steroid dienone is 5. The summed E-state index contributed by atoms with van der Waals surface area (Å²) in [4.78, 5) is 9.76. The Morgan fingerprint density at radius 2 is 2.33 bits per heavy atom. The molecule has 0 aromatic carbocycles. The molecule has 4 heteroatoms. The molecule has 1 atom stereocenters. The van der Waals surface area contributed by atoms with Crippen LogP contribution in [0, 0.1) is 10.1 Å². The number of alkyl halides is 1. The van der Waals surface area contributed by atoms with Crippen LogP contribution < -0.4 is 0 Å². The summed E-state index contributed by atoms with van der Waals surface area (Å²) in [5.74, 6) is 0. The Labute approximate surface area is 69.0 Å². The normalized spacial score (nSPS) is 22.7. The van der Waals surface area contributed by atoms with Gasteiger partial charge in [-0.3, -0.25) is 10.1 Å². The zero-order valence-corrected chi connectivity index (χ0v) is 6.53. The lowest BCUT2D eigenvalue weighted by Crippen LogP contribution is -1.94. The fourth-order valence-corrected chi connectivity index (χ4v) is 0.940. The van der Waals surface area contributed by atoms with Gasteiger partial charge in [-0.05, 0) is 24.6 Å². The smallest absolute Gasteiger partial charge is 0.258 e. The van der Waals surface area contributed by atoms with Gasteiger partial charge in [0, 0.05) is 12.2 Å². The van der Waals surface area contributed by atoms with Gasteiger partial charge in [-0.1, -0.05) is 0 Å². The Morgan fingerprint density at radius 3 is 2.92 bits per heavy atom. The Morgan fingerprint density at radius 1 is 1.67 bits per heavy atom. The molecule has 1 unspecified atom stereocenters. The van der Waals surface area contributed by atoms with Crippen LogP contribution in [0.1, 0.15) is 6.92 Å². The molecule has 0 amide bonds. The van der Waals surface area contributed by atoms with E-state index in [1.165, 1.54) is 18.2 Å². The van der Waals surface area contributed by atoms with E-state index in [0.29, 0.717) is 5.57 Å². The third-order valence-corrected chi connectivity index (χ3v) is 1.46. The molecule has 0 heterocycles. The van der Waals surface area contributed by atoms with Gasteiger partial charge in [0.1, 0.15) is 6.17 Å². The van der Waals surface area contributed by atoms with Gasteiger partial charge in [0.15, 0.2) is 0 Å². The minimum absolute atomic E-state index is 0.0797. The van der Waals surface area contributed by atoms with Crippen molar-refractivity contribution in [3.8, 4) is 0 Å². The number of hydrogen-bond donors (Lipinski definition) is 0. The third-order valence-electron chi connectivity index (χ3n) is 1.46. The Bertz CT molecular complexity index is 291. The Hall–Kier alpha value is -1.45. The van der Waals surface area contributed by atoms with Crippen molar-refractivity contribution in [2.75, 3.05) is 0 Å². The van der Waals surface area contributed by atoms with E-state index in [4.69, 9.17) is 0 Å². The van der Waals surface area contributed by atoms with Gasteiger partial charge < -0.3 is 0 Å². The summed E-state index contributed by atoms with van der Waals surface area (Å²) < 4.78 is 12.7. The maximum atomic E-state index is 12.7. The molecule has 1 aliphatic rings. The SMILES string of the molecule is CC1=CC(F)C=CC([N+](=O)[O-])=C1. The van der Waals surface area contributed by atoms with E-state index in [1.54, 1.807) is 6.92 Å². The molecule has 12 heavy (non-hydrogen) atoms. The monoisotopic (exact) mass is 169 g/mol. The first-order valence-corrected chi connectivity index (χ1v) is 3.46. The average molecular weight is 169 g/mol. The molecule has 0 spiro atoms. The largest absolute Gasteiger partial charge is 0.269 e. The Balaban J connectivity index is 2.98. The highest BCUT2D eigenvalue weighted by atomic mass is 19.1. The van der Waals surface area contributed by atoms with Gasteiger partial charge in [-0.2, -0.15) is 0 Å². The highest BCUT2D eigenvalue weighted by Gasteiger charge is 2.10. The minimum atomic E-state index is -1.22. The van der Waals surface area contributed by atoms with Crippen LogP contribution in [0.3, 0.4) is 0 Å². The van der Waals surface area contributed by atoms with Crippen molar-refractivity contribution in [3.63, 3.8) is 0 Å². The predicted molar refractivity (Wildman–Crippen MR) is 42.9 cm³/mol. The topological polar surface area (TPSA) is 43.1 Å². The predicted octanol–water partition coefficient (Wildman–Crippen LogP) is 2.00. The highest BCUT2D eigenvalue weighted by molar-refractivity contribution is 5.30. The molecule has 0 saturated carbocycles. The van der Waals surface area contributed by atoms with Crippen LogP contribution in [0.5, 0.6) is 0 Å². The fraction of sp³-hybridized carbons (Fsp3) is 0.250. The first-order chi connectivity index (χ1) is 5.59. The fourth-order valence-electron chi connectivity index (χ4n) is 0.940. The molecule has 1 aliphatic carbocycles. The first kappa shape index (κ1) is 8.64.